The van der Waals surface area contributed by atoms with Gasteiger partial charge in [-0.1, -0.05) is 6.07 Å². The maximum absolute atomic E-state index is 10.1. The zero-order chi connectivity index (χ0) is 13.7. The average molecular weight is 267 g/mol. The summed E-state index contributed by atoms with van der Waals surface area (Å²) in [4.78, 5) is 0. The van der Waals surface area contributed by atoms with E-state index in [0.717, 1.165) is 11.3 Å². The summed E-state index contributed by atoms with van der Waals surface area (Å²) in [6, 6.07) is 5.48. The van der Waals surface area contributed by atoms with Crippen molar-refractivity contribution in [1.82, 2.24) is 5.32 Å². The Morgan fingerprint density at radius 2 is 1.95 bits per heavy atom. The predicted octanol–water partition coefficient (Wildman–Crippen LogP) is 0.852. The van der Waals surface area contributed by atoms with Crippen LogP contribution in [0.4, 0.5) is 0 Å². The molecule has 1 aliphatic heterocycles. The molecule has 0 saturated carbocycles. The van der Waals surface area contributed by atoms with Gasteiger partial charge in [0.25, 0.3) is 0 Å². The first-order valence-electron chi connectivity index (χ1n) is 6.63. The molecule has 1 aromatic carbocycles. The minimum Gasteiger partial charge on any atom is -0.486 e. The van der Waals surface area contributed by atoms with E-state index in [9.17, 15) is 5.11 Å². The lowest BCUT2D eigenvalue weighted by molar-refractivity contribution is 0.158. The first-order valence-corrected chi connectivity index (χ1v) is 6.63. The Labute approximate surface area is 113 Å². The fraction of sp³-hybridized carbons (Fsp3) is 0.571. The van der Waals surface area contributed by atoms with Gasteiger partial charge in [0.2, 0.25) is 0 Å². The third kappa shape index (κ3) is 4.09. The quantitative estimate of drug-likeness (QED) is 0.667. The van der Waals surface area contributed by atoms with Crippen LogP contribution in [0.25, 0.3) is 0 Å². The zero-order valence-corrected chi connectivity index (χ0v) is 11.1. The predicted molar refractivity (Wildman–Crippen MR) is 71.6 cm³/mol. The first kappa shape index (κ1) is 14.1. The largest absolute Gasteiger partial charge is 0.486 e. The highest BCUT2D eigenvalue weighted by Gasteiger charge is 2.15. The lowest BCUT2D eigenvalue weighted by atomic mass is 10.1. The normalized spacial score (nSPS) is 17.0. The molecule has 0 radical (unpaired) electrons. The van der Waals surface area contributed by atoms with Gasteiger partial charge in [-0.2, -0.15) is 0 Å². The van der Waals surface area contributed by atoms with E-state index in [1.165, 1.54) is 0 Å². The molecule has 0 fully saturated rings. The fourth-order valence-electron chi connectivity index (χ4n) is 1.93. The van der Waals surface area contributed by atoms with Crippen molar-refractivity contribution < 1.29 is 19.7 Å². The second kappa shape index (κ2) is 6.75. The van der Waals surface area contributed by atoms with Crippen molar-refractivity contribution in [3.05, 3.63) is 23.8 Å². The summed E-state index contributed by atoms with van der Waals surface area (Å²) in [6.45, 7) is 3.99. The molecule has 5 nitrogen and oxygen atoms in total. The second-order valence-electron chi connectivity index (χ2n) is 4.76. The highest BCUT2D eigenvalue weighted by atomic mass is 16.6. The molecule has 106 valence electrons. The summed E-state index contributed by atoms with van der Waals surface area (Å²) < 4.78 is 10.9. The van der Waals surface area contributed by atoms with E-state index in [4.69, 9.17) is 14.6 Å². The van der Waals surface area contributed by atoms with Gasteiger partial charge < -0.3 is 25.0 Å². The van der Waals surface area contributed by atoms with E-state index in [0.29, 0.717) is 38.5 Å². The number of rotatable bonds is 6. The summed E-state index contributed by atoms with van der Waals surface area (Å²) in [5, 5.41) is 22.3. The molecule has 3 N–H and O–H groups in total. The Kier molecular flexibility index (Phi) is 5.01. The van der Waals surface area contributed by atoms with Gasteiger partial charge in [-0.15, -0.1) is 0 Å². The SMILES string of the molecule is CC(O)CCNCC(O)c1ccc2c(c1)OCCO2. The number of fused-ring (bicyclic) bond motifs is 1. The minimum atomic E-state index is -0.593. The van der Waals surface area contributed by atoms with E-state index >= 15 is 0 Å². The van der Waals surface area contributed by atoms with Crippen LogP contribution in [0.15, 0.2) is 18.2 Å². The monoisotopic (exact) mass is 267 g/mol. The Balaban J connectivity index is 1.86. The molecule has 0 aromatic heterocycles. The minimum absolute atomic E-state index is 0.320. The van der Waals surface area contributed by atoms with Crippen LogP contribution in [0.2, 0.25) is 0 Å². The molecule has 2 rings (SSSR count). The molecule has 0 amide bonds. The maximum atomic E-state index is 10.1. The molecule has 0 bridgehead atoms. The van der Waals surface area contributed by atoms with Crippen LogP contribution in [0.5, 0.6) is 11.5 Å². The van der Waals surface area contributed by atoms with E-state index < -0.39 is 6.10 Å². The van der Waals surface area contributed by atoms with E-state index in [1.54, 1.807) is 6.92 Å². The van der Waals surface area contributed by atoms with Crippen LogP contribution in [0.1, 0.15) is 25.0 Å². The zero-order valence-electron chi connectivity index (χ0n) is 11.1. The number of hydrogen-bond acceptors (Lipinski definition) is 5. The number of ether oxygens (including phenoxy) is 2. The van der Waals surface area contributed by atoms with Gasteiger partial charge in [-0.3, -0.25) is 0 Å². The van der Waals surface area contributed by atoms with Gasteiger partial charge in [0.05, 0.1) is 12.2 Å². The van der Waals surface area contributed by atoms with Crippen molar-refractivity contribution in [3.63, 3.8) is 0 Å². The van der Waals surface area contributed by atoms with E-state index in [-0.39, 0.29) is 6.10 Å². The van der Waals surface area contributed by atoms with Gasteiger partial charge in [-0.25, -0.2) is 0 Å². The lowest BCUT2D eigenvalue weighted by Crippen LogP contribution is -2.24. The molecule has 0 aliphatic carbocycles. The molecule has 2 unspecified atom stereocenters. The molecule has 19 heavy (non-hydrogen) atoms. The fourth-order valence-corrected chi connectivity index (χ4v) is 1.93. The summed E-state index contributed by atoms with van der Waals surface area (Å²) >= 11 is 0. The van der Waals surface area contributed by atoms with Crippen LogP contribution in [0.3, 0.4) is 0 Å². The number of aliphatic hydroxyl groups excluding tert-OH is 2. The topological polar surface area (TPSA) is 71.0 Å². The smallest absolute Gasteiger partial charge is 0.161 e. The molecule has 1 aromatic rings. The van der Waals surface area contributed by atoms with Crippen LogP contribution in [-0.4, -0.2) is 42.6 Å². The van der Waals surface area contributed by atoms with Gasteiger partial charge in [0, 0.05) is 6.54 Å². The number of aliphatic hydroxyl groups is 2. The first-order chi connectivity index (χ1) is 9.16. The number of hydrogen-bond donors (Lipinski definition) is 3. The van der Waals surface area contributed by atoms with Crippen LogP contribution in [-0.2, 0) is 0 Å². The van der Waals surface area contributed by atoms with Crippen molar-refractivity contribution >= 4 is 0 Å². The highest BCUT2D eigenvalue weighted by molar-refractivity contribution is 5.44. The summed E-state index contributed by atoms with van der Waals surface area (Å²) in [7, 11) is 0. The Morgan fingerprint density at radius 1 is 1.21 bits per heavy atom. The molecular formula is C14H21NO4. The molecule has 0 saturated heterocycles. The highest BCUT2D eigenvalue weighted by Crippen LogP contribution is 2.32. The summed E-state index contributed by atoms with van der Waals surface area (Å²) in [5.74, 6) is 1.41. The van der Waals surface area contributed by atoms with Crippen molar-refractivity contribution in [2.24, 2.45) is 0 Å². The summed E-state index contributed by atoms with van der Waals surface area (Å²) in [6.07, 6.45) is -0.239. The Hall–Kier alpha value is -1.30. The van der Waals surface area contributed by atoms with Crippen molar-refractivity contribution in [2.75, 3.05) is 26.3 Å². The second-order valence-corrected chi connectivity index (χ2v) is 4.76. The molecule has 2 atom stereocenters. The Morgan fingerprint density at radius 3 is 2.68 bits per heavy atom. The van der Waals surface area contributed by atoms with Crippen molar-refractivity contribution in [2.45, 2.75) is 25.6 Å². The average Bonchev–Trinajstić information content (AvgIpc) is 2.42. The molecule has 5 heteroatoms. The number of benzene rings is 1. The molecule has 0 spiro atoms. The van der Waals surface area contributed by atoms with Crippen LogP contribution < -0.4 is 14.8 Å². The standard InChI is InChI=1S/C14H21NO4/c1-10(16)4-5-15-9-12(17)11-2-3-13-14(8-11)19-7-6-18-13/h2-3,8,10,12,15-17H,4-7,9H2,1H3. The third-order valence-corrected chi connectivity index (χ3v) is 3.03. The van der Waals surface area contributed by atoms with Gasteiger partial charge in [0.15, 0.2) is 11.5 Å². The number of nitrogens with one attached hydrogen (secondary N) is 1. The maximum Gasteiger partial charge on any atom is 0.161 e. The molecule has 1 aliphatic rings. The molecular weight excluding hydrogens is 246 g/mol. The van der Waals surface area contributed by atoms with Crippen molar-refractivity contribution in [3.8, 4) is 11.5 Å². The molecule has 1 heterocycles. The third-order valence-electron chi connectivity index (χ3n) is 3.03. The summed E-state index contributed by atoms with van der Waals surface area (Å²) in [5.41, 5.74) is 0.800. The lowest BCUT2D eigenvalue weighted by Gasteiger charge is -2.20. The Bertz CT molecular complexity index is 408. The van der Waals surface area contributed by atoms with E-state index in [2.05, 4.69) is 5.32 Å². The van der Waals surface area contributed by atoms with Crippen molar-refractivity contribution in [1.29, 1.82) is 0 Å². The van der Waals surface area contributed by atoms with E-state index in [1.807, 2.05) is 18.2 Å². The van der Waals surface area contributed by atoms with Gasteiger partial charge in [-0.05, 0) is 37.6 Å². The van der Waals surface area contributed by atoms with Crippen LogP contribution in [0, 0.1) is 0 Å². The van der Waals surface area contributed by atoms with Gasteiger partial charge >= 0.3 is 0 Å². The van der Waals surface area contributed by atoms with Crippen LogP contribution >= 0.6 is 0 Å². The van der Waals surface area contributed by atoms with Gasteiger partial charge in [0.1, 0.15) is 13.2 Å².